The number of anilines is 2. The lowest BCUT2D eigenvalue weighted by Gasteiger charge is -2.35. The van der Waals surface area contributed by atoms with Gasteiger partial charge in [0.2, 0.25) is 11.8 Å². The van der Waals surface area contributed by atoms with E-state index in [9.17, 15) is 14.4 Å². The predicted octanol–water partition coefficient (Wildman–Crippen LogP) is 3.91. The van der Waals surface area contributed by atoms with Crippen molar-refractivity contribution in [2.45, 2.75) is 82.3 Å². The molecule has 3 heterocycles. The third-order valence-corrected chi connectivity index (χ3v) is 8.30. The van der Waals surface area contributed by atoms with E-state index < -0.39 is 11.5 Å². The highest BCUT2D eigenvalue weighted by atomic mass is 16.5. The number of amides is 3. The van der Waals surface area contributed by atoms with Gasteiger partial charge in [-0.2, -0.15) is 5.10 Å². The summed E-state index contributed by atoms with van der Waals surface area (Å²) in [4.78, 5) is 39.7. The first kappa shape index (κ1) is 25.4. The van der Waals surface area contributed by atoms with Crippen molar-refractivity contribution in [3.63, 3.8) is 0 Å². The minimum absolute atomic E-state index is 0.00281. The summed E-state index contributed by atoms with van der Waals surface area (Å²) >= 11 is 0. The van der Waals surface area contributed by atoms with Gasteiger partial charge in [0.1, 0.15) is 11.7 Å². The maximum absolute atomic E-state index is 13.7. The Morgan fingerprint density at radius 2 is 1.92 bits per heavy atom. The van der Waals surface area contributed by atoms with Crippen LogP contribution in [0.25, 0.3) is 0 Å². The van der Waals surface area contributed by atoms with Gasteiger partial charge in [0.05, 0.1) is 11.5 Å². The van der Waals surface area contributed by atoms with Crippen LogP contribution < -0.4 is 16.0 Å². The number of hydrogen-bond acceptors (Lipinski definition) is 5. The molecule has 3 aliphatic rings. The van der Waals surface area contributed by atoms with E-state index in [1.807, 2.05) is 25.1 Å². The second-order valence-corrected chi connectivity index (χ2v) is 10.8. The van der Waals surface area contributed by atoms with Crippen LogP contribution >= 0.6 is 0 Å². The molecule has 0 bridgehead atoms. The topological polar surface area (TPSA) is 114 Å². The van der Waals surface area contributed by atoms with Crippen molar-refractivity contribution in [2.24, 2.45) is 13.0 Å². The molecule has 1 aliphatic carbocycles. The highest BCUT2D eigenvalue weighted by Crippen LogP contribution is 2.46. The monoisotopic (exact) mass is 507 g/mol. The molecule has 2 aliphatic heterocycles. The largest absolute Gasteiger partial charge is 0.378 e. The van der Waals surface area contributed by atoms with Crippen LogP contribution in [-0.4, -0.2) is 46.3 Å². The highest BCUT2D eigenvalue weighted by Gasteiger charge is 2.49. The Labute approximate surface area is 217 Å². The molecule has 1 aromatic carbocycles. The predicted molar refractivity (Wildman–Crippen MR) is 140 cm³/mol. The number of aryl methyl sites for hydroxylation is 1. The van der Waals surface area contributed by atoms with Crippen LogP contribution in [0.1, 0.15) is 80.8 Å². The number of hydrogen-bond donors (Lipinski definition) is 3. The summed E-state index contributed by atoms with van der Waals surface area (Å²) in [7, 11) is 1.71. The van der Waals surface area contributed by atoms with Crippen molar-refractivity contribution in [2.75, 3.05) is 17.2 Å². The third kappa shape index (κ3) is 5.14. The van der Waals surface area contributed by atoms with Crippen LogP contribution in [-0.2, 0) is 26.8 Å². The van der Waals surface area contributed by atoms with Crippen molar-refractivity contribution in [1.29, 1.82) is 0 Å². The van der Waals surface area contributed by atoms with Gasteiger partial charge < -0.3 is 20.7 Å². The van der Waals surface area contributed by atoms with E-state index in [0.29, 0.717) is 30.8 Å². The van der Waals surface area contributed by atoms with Gasteiger partial charge in [0.25, 0.3) is 5.91 Å². The molecule has 2 aromatic rings. The molecule has 1 aromatic heterocycles. The van der Waals surface area contributed by atoms with E-state index in [4.69, 9.17) is 4.74 Å². The fraction of sp³-hybridized carbons (Fsp3) is 0.571. The zero-order valence-corrected chi connectivity index (χ0v) is 21.7. The summed E-state index contributed by atoms with van der Waals surface area (Å²) in [5.74, 6) is -0.491. The molecule has 1 unspecified atom stereocenters. The quantitative estimate of drug-likeness (QED) is 0.568. The first-order chi connectivity index (χ1) is 17.9. The van der Waals surface area contributed by atoms with Gasteiger partial charge in [-0.05, 0) is 62.3 Å². The van der Waals surface area contributed by atoms with Crippen molar-refractivity contribution >= 4 is 29.1 Å². The number of nitrogens with one attached hydrogen (secondary N) is 3. The molecule has 3 N–H and O–H groups in total. The van der Waals surface area contributed by atoms with Crippen LogP contribution in [0, 0.1) is 5.92 Å². The fourth-order valence-electron chi connectivity index (χ4n) is 6.29. The molecule has 37 heavy (non-hydrogen) atoms. The number of fused-ring (bicyclic) bond motifs is 2. The van der Waals surface area contributed by atoms with E-state index in [1.165, 1.54) is 11.1 Å². The van der Waals surface area contributed by atoms with Crippen molar-refractivity contribution in [3.05, 3.63) is 41.7 Å². The second kappa shape index (κ2) is 10.7. The van der Waals surface area contributed by atoms with E-state index in [2.05, 4.69) is 21.0 Å². The maximum Gasteiger partial charge on any atom is 0.270 e. The molecule has 9 heteroatoms. The van der Waals surface area contributed by atoms with Crippen molar-refractivity contribution in [3.8, 4) is 0 Å². The molecular formula is C28H37N5O4. The van der Waals surface area contributed by atoms with Gasteiger partial charge in [-0.1, -0.05) is 38.2 Å². The number of ether oxygens (including phenoxy) is 1. The number of nitrogens with zero attached hydrogens (tertiary/aromatic N) is 2. The third-order valence-electron chi connectivity index (χ3n) is 8.30. The standard InChI is InChI=1S/C28H37N5O4/c1-18-17-28(13-15-37-18)21-11-10-20(16-22(21)31-27(28)36)30-26(35)24(19-8-6-4-3-5-7-9-19)32-25(34)23-12-14-29-33(23)2/h10-12,14,16,18-19,24H,3-9,13,15,17H2,1-2H3,(H,30,35)(H,31,36)(H,32,34)/t18-,24?,28+/m0/s1. The molecule has 5 rings (SSSR count). The van der Waals surface area contributed by atoms with Gasteiger partial charge in [0, 0.05) is 31.2 Å². The molecular weight excluding hydrogens is 470 g/mol. The molecule has 0 radical (unpaired) electrons. The number of aromatic nitrogens is 2. The summed E-state index contributed by atoms with van der Waals surface area (Å²) in [5.41, 5.74) is 2.14. The van der Waals surface area contributed by atoms with Crippen LogP contribution in [0.5, 0.6) is 0 Å². The Hall–Kier alpha value is -3.20. The molecule has 3 amide bonds. The number of carbonyl (C=O) groups is 3. The fourth-order valence-corrected chi connectivity index (χ4v) is 6.29. The summed E-state index contributed by atoms with van der Waals surface area (Å²) in [6, 6.07) is 6.62. The zero-order chi connectivity index (χ0) is 26.0. The average molecular weight is 508 g/mol. The molecule has 1 spiro atoms. The molecule has 3 atom stereocenters. The lowest BCUT2D eigenvalue weighted by molar-refractivity contribution is -0.126. The molecule has 9 nitrogen and oxygen atoms in total. The molecule has 1 saturated carbocycles. The van der Waals surface area contributed by atoms with E-state index in [0.717, 1.165) is 49.8 Å². The van der Waals surface area contributed by atoms with Crippen molar-refractivity contribution in [1.82, 2.24) is 15.1 Å². The van der Waals surface area contributed by atoms with Crippen LogP contribution in [0.4, 0.5) is 11.4 Å². The summed E-state index contributed by atoms with van der Waals surface area (Å²) in [5, 5.41) is 13.2. The minimum atomic E-state index is -0.661. The second-order valence-electron chi connectivity index (χ2n) is 10.8. The Kier molecular flexibility index (Phi) is 7.33. The number of rotatable bonds is 5. The zero-order valence-electron chi connectivity index (χ0n) is 21.7. The van der Waals surface area contributed by atoms with Crippen LogP contribution in [0.15, 0.2) is 30.5 Å². The van der Waals surface area contributed by atoms with E-state index in [1.54, 1.807) is 19.3 Å². The van der Waals surface area contributed by atoms with E-state index in [-0.39, 0.29) is 29.7 Å². The maximum atomic E-state index is 13.7. The van der Waals surface area contributed by atoms with Gasteiger partial charge in [-0.3, -0.25) is 19.1 Å². The van der Waals surface area contributed by atoms with E-state index >= 15 is 0 Å². The Bertz CT molecular complexity index is 1170. The number of benzene rings is 1. The smallest absolute Gasteiger partial charge is 0.270 e. The number of carbonyl (C=O) groups excluding carboxylic acids is 3. The Morgan fingerprint density at radius 1 is 1.16 bits per heavy atom. The Balaban J connectivity index is 1.36. The molecule has 2 fully saturated rings. The van der Waals surface area contributed by atoms with Gasteiger partial charge in [0.15, 0.2) is 0 Å². The van der Waals surface area contributed by atoms with Gasteiger partial charge in [-0.15, -0.1) is 0 Å². The first-order valence-electron chi connectivity index (χ1n) is 13.5. The van der Waals surface area contributed by atoms with Crippen LogP contribution in [0.2, 0.25) is 0 Å². The van der Waals surface area contributed by atoms with Gasteiger partial charge >= 0.3 is 0 Å². The normalized spacial score (nSPS) is 25.0. The van der Waals surface area contributed by atoms with Crippen LogP contribution in [0.3, 0.4) is 0 Å². The molecule has 198 valence electrons. The Morgan fingerprint density at radius 3 is 2.62 bits per heavy atom. The summed E-state index contributed by atoms with van der Waals surface area (Å²) in [6.07, 6.45) is 10.3. The summed E-state index contributed by atoms with van der Waals surface area (Å²) in [6.45, 7) is 2.54. The summed E-state index contributed by atoms with van der Waals surface area (Å²) < 4.78 is 7.21. The SMILES string of the molecule is C[C@H]1C[C@@]2(CCO1)C(=O)Nc1cc(NC(=O)C(NC(=O)c3ccnn3C)C3CCCCCCC3)ccc12. The minimum Gasteiger partial charge on any atom is -0.378 e. The average Bonchev–Trinajstić information content (AvgIpc) is 3.38. The lowest BCUT2D eigenvalue weighted by atomic mass is 9.73. The first-order valence-corrected chi connectivity index (χ1v) is 13.5. The van der Waals surface area contributed by atoms with Gasteiger partial charge in [-0.25, -0.2) is 0 Å². The highest BCUT2D eigenvalue weighted by molar-refractivity contribution is 6.07. The molecule has 1 saturated heterocycles. The lowest BCUT2D eigenvalue weighted by Crippen LogP contribution is -2.49. The van der Waals surface area contributed by atoms with Crippen molar-refractivity contribution < 1.29 is 19.1 Å².